The topological polar surface area (TPSA) is 77.9 Å². The first-order chi connectivity index (χ1) is 18.6. The Bertz CT molecular complexity index is 1110. The van der Waals surface area contributed by atoms with Gasteiger partial charge in [-0.1, -0.05) is 62.4 Å². The molecule has 2 heterocycles. The highest BCUT2D eigenvalue weighted by Gasteiger charge is 2.37. The van der Waals surface area contributed by atoms with Gasteiger partial charge in [0.2, 0.25) is 11.8 Å². The van der Waals surface area contributed by atoms with Gasteiger partial charge in [-0.05, 0) is 66.4 Å². The van der Waals surface area contributed by atoms with Crippen LogP contribution in [-0.2, 0) is 14.4 Å². The van der Waals surface area contributed by atoms with E-state index in [1.807, 2.05) is 42.5 Å². The van der Waals surface area contributed by atoms with Gasteiger partial charge in [0.25, 0.3) is 0 Å². The highest BCUT2D eigenvalue weighted by Crippen LogP contribution is 2.40. The normalized spacial score (nSPS) is 22.3. The molecule has 8 heteroatoms. The third-order valence-electron chi connectivity index (χ3n) is 7.60. The highest BCUT2D eigenvalue weighted by molar-refractivity contribution is 6.30. The van der Waals surface area contributed by atoms with Crippen molar-refractivity contribution in [1.82, 2.24) is 9.80 Å². The second kappa shape index (κ2) is 14.7. The molecule has 1 N–H and O–H groups in total. The number of aliphatic carboxylic acids is 1. The van der Waals surface area contributed by atoms with Crippen molar-refractivity contribution in [3.8, 4) is 0 Å². The van der Waals surface area contributed by atoms with E-state index in [-0.39, 0.29) is 48.5 Å². The molecule has 1 fully saturated rings. The van der Waals surface area contributed by atoms with Crippen LogP contribution >= 0.6 is 23.2 Å². The molecule has 0 saturated carbocycles. The molecule has 3 rings (SSSR count). The molecule has 3 unspecified atom stereocenters. The van der Waals surface area contributed by atoms with Crippen molar-refractivity contribution in [1.29, 1.82) is 0 Å². The lowest BCUT2D eigenvalue weighted by molar-refractivity contribution is -0.141. The maximum Gasteiger partial charge on any atom is 0.303 e. The van der Waals surface area contributed by atoms with Gasteiger partial charge in [-0.25, -0.2) is 0 Å². The number of benzene rings is 1. The van der Waals surface area contributed by atoms with E-state index < -0.39 is 5.97 Å². The van der Waals surface area contributed by atoms with E-state index in [0.29, 0.717) is 43.4 Å². The standard InChI is InChI=1S/C31H40Cl2N2O4/c1-21(2)16-27-25-11-10-24(33)18-26(25)28(22(3)8-5-4-6-13-32)19-35(31(27)39)20-29(36)34-14-7-9-23(12-15-34)17-30(37)38/h4-6,8,10-11,18,21,23,27-28H,3,7,9,12-17,19-20H2,1-2H3,(H,37,38)/b6-4-,8-5-. The first kappa shape index (κ1) is 31.0. The molecule has 1 aromatic carbocycles. The summed E-state index contributed by atoms with van der Waals surface area (Å²) in [6.45, 7) is 9.91. The van der Waals surface area contributed by atoms with Crippen molar-refractivity contribution in [2.45, 2.75) is 57.8 Å². The van der Waals surface area contributed by atoms with Gasteiger partial charge in [0, 0.05) is 42.9 Å². The van der Waals surface area contributed by atoms with Crippen molar-refractivity contribution in [3.63, 3.8) is 0 Å². The Morgan fingerprint density at radius 3 is 2.64 bits per heavy atom. The van der Waals surface area contributed by atoms with Crippen LogP contribution in [0.15, 0.2) is 54.7 Å². The van der Waals surface area contributed by atoms with E-state index >= 15 is 0 Å². The SMILES string of the molecule is C=C(/C=C\C=C/CCl)C1CN(CC(=O)N2CCCC(CC(=O)O)CC2)C(=O)C(CC(C)C)c2ccc(Cl)cc21. The maximum atomic E-state index is 14.0. The number of carbonyl (C=O) groups is 3. The number of carboxylic acid groups (broad SMARTS) is 1. The number of carbonyl (C=O) groups excluding carboxylic acids is 2. The van der Waals surface area contributed by atoms with Crippen molar-refractivity contribution in [3.05, 3.63) is 70.8 Å². The predicted molar refractivity (Wildman–Crippen MR) is 157 cm³/mol. The number of likely N-dealkylation sites (tertiary alicyclic amines) is 1. The van der Waals surface area contributed by atoms with Crippen molar-refractivity contribution in [2.24, 2.45) is 11.8 Å². The molecule has 0 aliphatic carbocycles. The molecule has 2 amide bonds. The van der Waals surface area contributed by atoms with E-state index in [4.69, 9.17) is 23.2 Å². The Morgan fingerprint density at radius 2 is 1.95 bits per heavy atom. The number of halogens is 2. The molecular formula is C31H40Cl2N2O4. The summed E-state index contributed by atoms with van der Waals surface area (Å²) >= 11 is 12.2. The predicted octanol–water partition coefficient (Wildman–Crippen LogP) is 6.41. The van der Waals surface area contributed by atoms with Crippen molar-refractivity contribution >= 4 is 41.0 Å². The van der Waals surface area contributed by atoms with E-state index in [9.17, 15) is 19.5 Å². The maximum absolute atomic E-state index is 14.0. The summed E-state index contributed by atoms with van der Waals surface area (Å²) in [6, 6.07) is 5.70. The lowest BCUT2D eigenvalue weighted by Gasteiger charge is -2.30. The number of allylic oxidation sites excluding steroid dienone is 4. The van der Waals surface area contributed by atoms with Crippen LogP contribution in [0.5, 0.6) is 0 Å². The lowest BCUT2D eigenvalue weighted by atomic mass is 9.82. The number of carboxylic acids is 1. The summed E-state index contributed by atoms with van der Waals surface area (Å²) in [5.74, 6) is -0.807. The van der Waals surface area contributed by atoms with Gasteiger partial charge in [-0.2, -0.15) is 0 Å². The molecule has 6 nitrogen and oxygen atoms in total. The minimum absolute atomic E-state index is 0.0155. The Balaban J connectivity index is 1.90. The third kappa shape index (κ3) is 8.71. The van der Waals surface area contributed by atoms with Crippen LogP contribution in [0.4, 0.5) is 0 Å². The molecule has 2 aliphatic rings. The van der Waals surface area contributed by atoms with Crippen LogP contribution in [0, 0.1) is 11.8 Å². The zero-order valence-electron chi connectivity index (χ0n) is 23.0. The Labute approximate surface area is 242 Å². The van der Waals surface area contributed by atoms with Crippen LogP contribution in [0.2, 0.25) is 5.02 Å². The molecule has 39 heavy (non-hydrogen) atoms. The molecule has 0 spiro atoms. The minimum atomic E-state index is -0.802. The molecule has 1 saturated heterocycles. The van der Waals surface area contributed by atoms with Crippen molar-refractivity contribution < 1.29 is 19.5 Å². The van der Waals surface area contributed by atoms with Gasteiger partial charge in [0.05, 0.1) is 12.5 Å². The van der Waals surface area contributed by atoms with E-state index in [0.717, 1.165) is 29.5 Å². The van der Waals surface area contributed by atoms with Crippen LogP contribution < -0.4 is 0 Å². The van der Waals surface area contributed by atoms with E-state index in [2.05, 4.69) is 20.4 Å². The van der Waals surface area contributed by atoms with Crippen LogP contribution in [0.1, 0.15) is 68.9 Å². The minimum Gasteiger partial charge on any atom is -0.481 e. The summed E-state index contributed by atoms with van der Waals surface area (Å²) in [6.07, 6.45) is 10.5. The largest absolute Gasteiger partial charge is 0.481 e. The van der Waals surface area contributed by atoms with Gasteiger partial charge in [-0.15, -0.1) is 11.6 Å². The number of alkyl halides is 1. The molecule has 212 valence electrons. The Kier molecular flexibility index (Phi) is 11.7. The van der Waals surface area contributed by atoms with Gasteiger partial charge in [-0.3, -0.25) is 14.4 Å². The lowest BCUT2D eigenvalue weighted by Crippen LogP contribution is -2.45. The zero-order chi connectivity index (χ0) is 28.5. The summed E-state index contributed by atoms with van der Waals surface area (Å²) in [5, 5.41) is 9.78. The average Bonchev–Trinajstić information content (AvgIpc) is 3.17. The summed E-state index contributed by atoms with van der Waals surface area (Å²) < 4.78 is 0. The second-order valence-corrected chi connectivity index (χ2v) is 11.8. The van der Waals surface area contributed by atoms with Gasteiger partial charge < -0.3 is 14.9 Å². The number of hydrogen-bond donors (Lipinski definition) is 1. The average molecular weight is 576 g/mol. The number of hydrogen-bond acceptors (Lipinski definition) is 3. The number of fused-ring (bicyclic) bond motifs is 1. The smallest absolute Gasteiger partial charge is 0.303 e. The van der Waals surface area contributed by atoms with Crippen LogP contribution in [0.25, 0.3) is 0 Å². The molecule has 0 bridgehead atoms. The second-order valence-electron chi connectivity index (χ2n) is 11.0. The van der Waals surface area contributed by atoms with Crippen molar-refractivity contribution in [2.75, 3.05) is 32.1 Å². The molecule has 0 radical (unpaired) electrons. The fraction of sp³-hybridized carbons (Fsp3) is 0.516. The molecule has 0 aromatic heterocycles. The third-order valence-corrected chi connectivity index (χ3v) is 8.02. The number of amides is 2. The fourth-order valence-corrected chi connectivity index (χ4v) is 5.92. The van der Waals surface area contributed by atoms with Gasteiger partial charge in [0.1, 0.15) is 0 Å². The highest BCUT2D eigenvalue weighted by atomic mass is 35.5. The molecule has 1 aromatic rings. The van der Waals surface area contributed by atoms with E-state index in [1.165, 1.54) is 0 Å². The fourth-order valence-electron chi connectivity index (χ4n) is 5.64. The number of rotatable bonds is 10. The van der Waals surface area contributed by atoms with Crippen LogP contribution in [-0.4, -0.2) is 64.7 Å². The quantitative estimate of drug-likeness (QED) is 0.259. The van der Waals surface area contributed by atoms with Crippen LogP contribution in [0.3, 0.4) is 0 Å². The molecule has 3 atom stereocenters. The molecule has 2 aliphatic heterocycles. The van der Waals surface area contributed by atoms with Gasteiger partial charge >= 0.3 is 5.97 Å². The Hall–Kier alpha value is -2.57. The summed E-state index contributed by atoms with van der Waals surface area (Å²) in [4.78, 5) is 42.2. The first-order valence-corrected chi connectivity index (χ1v) is 14.7. The van der Waals surface area contributed by atoms with Gasteiger partial charge in [0.15, 0.2) is 0 Å². The van der Waals surface area contributed by atoms with E-state index in [1.54, 1.807) is 9.80 Å². The summed E-state index contributed by atoms with van der Waals surface area (Å²) in [5.41, 5.74) is 2.73. The Morgan fingerprint density at radius 1 is 1.18 bits per heavy atom. The first-order valence-electron chi connectivity index (χ1n) is 13.8. The monoisotopic (exact) mass is 574 g/mol. The number of nitrogens with zero attached hydrogens (tertiary/aromatic N) is 2. The molecular weight excluding hydrogens is 535 g/mol. The summed E-state index contributed by atoms with van der Waals surface area (Å²) in [7, 11) is 0. The zero-order valence-corrected chi connectivity index (χ0v) is 24.5.